The standard InChI is InChI=1S/C19H20BrN5O3/c1-2-25-12-22-24-17(25)9-10-21-18(26)11-13-3-5-14(6-4-13)23-19(27)15-7-8-16(20)28-15/h3-8,12H,2,9-11H2,1H3,(H,21,26)(H,23,27). The predicted octanol–water partition coefficient (Wildman–Crippen LogP) is 2.81. The zero-order valence-electron chi connectivity index (χ0n) is 15.3. The van der Waals surface area contributed by atoms with Crippen LogP contribution in [0.2, 0.25) is 0 Å². The van der Waals surface area contributed by atoms with Crippen LogP contribution in [-0.2, 0) is 24.2 Å². The number of hydrogen-bond donors (Lipinski definition) is 2. The van der Waals surface area contributed by atoms with E-state index in [0.717, 1.165) is 17.9 Å². The first-order valence-corrected chi connectivity index (χ1v) is 9.63. The minimum atomic E-state index is -0.337. The van der Waals surface area contributed by atoms with Crippen LogP contribution < -0.4 is 10.6 Å². The number of rotatable bonds is 8. The number of anilines is 1. The summed E-state index contributed by atoms with van der Waals surface area (Å²) >= 11 is 3.16. The van der Waals surface area contributed by atoms with Crippen LogP contribution in [0.15, 0.2) is 51.8 Å². The molecule has 0 bridgehead atoms. The Kier molecular flexibility index (Phi) is 6.59. The molecule has 0 aliphatic heterocycles. The normalized spacial score (nSPS) is 10.6. The Morgan fingerprint density at radius 2 is 1.96 bits per heavy atom. The Hall–Kier alpha value is -2.94. The van der Waals surface area contributed by atoms with Crippen molar-refractivity contribution in [3.05, 3.63) is 64.5 Å². The van der Waals surface area contributed by atoms with Crippen molar-refractivity contribution in [2.45, 2.75) is 26.3 Å². The second kappa shape index (κ2) is 9.32. The van der Waals surface area contributed by atoms with E-state index in [1.165, 1.54) is 0 Å². The number of halogens is 1. The fourth-order valence-corrected chi connectivity index (χ4v) is 2.94. The summed E-state index contributed by atoms with van der Waals surface area (Å²) in [4.78, 5) is 24.2. The molecule has 2 amide bonds. The van der Waals surface area contributed by atoms with Crippen LogP contribution in [0, 0.1) is 0 Å². The van der Waals surface area contributed by atoms with Crippen LogP contribution in [0.1, 0.15) is 28.9 Å². The highest BCUT2D eigenvalue weighted by Crippen LogP contribution is 2.16. The van der Waals surface area contributed by atoms with Gasteiger partial charge < -0.3 is 19.6 Å². The molecule has 2 heterocycles. The molecule has 0 radical (unpaired) electrons. The first kappa shape index (κ1) is 19.8. The van der Waals surface area contributed by atoms with E-state index in [1.807, 2.05) is 11.5 Å². The van der Waals surface area contributed by atoms with Gasteiger partial charge >= 0.3 is 0 Å². The first-order valence-electron chi connectivity index (χ1n) is 8.84. The lowest BCUT2D eigenvalue weighted by molar-refractivity contribution is -0.120. The van der Waals surface area contributed by atoms with Crippen molar-refractivity contribution < 1.29 is 14.0 Å². The molecule has 0 atom stereocenters. The lowest BCUT2D eigenvalue weighted by atomic mass is 10.1. The number of carbonyl (C=O) groups excluding carboxylic acids is 2. The van der Waals surface area contributed by atoms with Gasteiger partial charge in [0.2, 0.25) is 5.91 Å². The van der Waals surface area contributed by atoms with Gasteiger partial charge in [0.1, 0.15) is 12.2 Å². The van der Waals surface area contributed by atoms with Gasteiger partial charge in [-0.15, -0.1) is 10.2 Å². The Bertz CT molecular complexity index is 949. The summed E-state index contributed by atoms with van der Waals surface area (Å²) in [5, 5.41) is 13.5. The summed E-state index contributed by atoms with van der Waals surface area (Å²) in [5.41, 5.74) is 1.48. The predicted molar refractivity (Wildman–Crippen MR) is 107 cm³/mol. The number of amides is 2. The van der Waals surface area contributed by atoms with Gasteiger partial charge in [-0.2, -0.15) is 0 Å². The van der Waals surface area contributed by atoms with E-state index in [9.17, 15) is 9.59 Å². The fraction of sp³-hybridized carbons (Fsp3) is 0.263. The maximum Gasteiger partial charge on any atom is 0.291 e. The van der Waals surface area contributed by atoms with Gasteiger partial charge in [0.05, 0.1) is 6.42 Å². The van der Waals surface area contributed by atoms with Crippen molar-refractivity contribution in [3.8, 4) is 0 Å². The molecule has 2 N–H and O–H groups in total. The highest BCUT2D eigenvalue weighted by molar-refractivity contribution is 9.10. The molecule has 146 valence electrons. The van der Waals surface area contributed by atoms with E-state index in [2.05, 4.69) is 36.8 Å². The monoisotopic (exact) mass is 445 g/mol. The van der Waals surface area contributed by atoms with E-state index >= 15 is 0 Å². The molecule has 28 heavy (non-hydrogen) atoms. The summed E-state index contributed by atoms with van der Waals surface area (Å²) in [6.45, 7) is 3.33. The molecule has 9 heteroatoms. The third-order valence-electron chi connectivity index (χ3n) is 4.08. The largest absolute Gasteiger partial charge is 0.444 e. The molecular weight excluding hydrogens is 426 g/mol. The van der Waals surface area contributed by atoms with Crippen LogP contribution in [0.3, 0.4) is 0 Å². The van der Waals surface area contributed by atoms with E-state index < -0.39 is 0 Å². The average molecular weight is 446 g/mol. The minimum absolute atomic E-state index is 0.0696. The number of aryl methyl sites for hydroxylation is 1. The van der Waals surface area contributed by atoms with Gasteiger partial charge in [-0.05, 0) is 52.7 Å². The van der Waals surface area contributed by atoms with Gasteiger partial charge in [-0.3, -0.25) is 9.59 Å². The third-order valence-corrected chi connectivity index (χ3v) is 4.51. The van der Waals surface area contributed by atoms with Crippen molar-refractivity contribution in [1.29, 1.82) is 0 Å². The van der Waals surface area contributed by atoms with Crippen molar-refractivity contribution in [2.24, 2.45) is 0 Å². The molecule has 0 saturated carbocycles. The molecule has 3 aromatic rings. The smallest absolute Gasteiger partial charge is 0.291 e. The van der Waals surface area contributed by atoms with Crippen molar-refractivity contribution in [2.75, 3.05) is 11.9 Å². The van der Waals surface area contributed by atoms with E-state index in [4.69, 9.17) is 4.42 Å². The number of furan rings is 1. The summed E-state index contributed by atoms with van der Waals surface area (Å²) in [6.07, 6.45) is 2.58. The lowest BCUT2D eigenvalue weighted by Gasteiger charge is -2.07. The Morgan fingerprint density at radius 3 is 2.64 bits per heavy atom. The van der Waals surface area contributed by atoms with E-state index in [0.29, 0.717) is 23.3 Å². The molecule has 0 saturated heterocycles. The van der Waals surface area contributed by atoms with E-state index in [-0.39, 0.29) is 24.0 Å². The van der Waals surface area contributed by atoms with Crippen molar-refractivity contribution in [1.82, 2.24) is 20.1 Å². The van der Waals surface area contributed by atoms with Crippen molar-refractivity contribution in [3.63, 3.8) is 0 Å². The Labute approximate surface area is 170 Å². The van der Waals surface area contributed by atoms with Crippen LogP contribution in [-0.4, -0.2) is 33.1 Å². The lowest BCUT2D eigenvalue weighted by Crippen LogP contribution is -2.27. The van der Waals surface area contributed by atoms with Crippen LogP contribution >= 0.6 is 15.9 Å². The molecule has 0 aliphatic rings. The van der Waals surface area contributed by atoms with Gasteiger partial charge in [-0.1, -0.05) is 12.1 Å². The number of hydrogen-bond acceptors (Lipinski definition) is 5. The molecule has 0 aliphatic carbocycles. The third kappa shape index (κ3) is 5.29. The maximum atomic E-state index is 12.1. The molecule has 0 fully saturated rings. The first-order chi connectivity index (χ1) is 13.5. The van der Waals surface area contributed by atoms with Crippen molar-refractivity contribution >= 4 is 33.4 Å². The molecule has 1 aromatic carbocycles. The molecule has 0 spiro atoms. The topological polar surface area (TPSA) is 102 Å². The Morgan fingerprint density at radius 1 is 1.18 bits per heavy atom. The highest BCUT2D eigenvalue weighted by Gasteiger charge is 2.11. The number of nitrogens with one attached hydrogen (secondary N) is 2. The molecule has 3 rings (SSSR count). The van der Waals surface area contributed by atoms with Gasteiger partial charge in [-0.25, -0.2) is 0 Å². The second-order valence-corrected chi connectivity index (χ2v) is 6.85. The number of aromatic nitrogens is 3. The molecule has 8 nitrogen and oxygen atoms in total. The summed E-state index contributed by atoms with van der Waals surface area (Å²) in [7, 11) is 0. The maximum absolute atomic E-state index is 12.1. The fourth-order valence-electron chi connectivity index (χ4n) is 2.63. The summed E-state index contributed by atoms with van der Waals surface area (Å²) in [6, 6.07) is 10.4. The zero-order valence-corrected chi connectivity index (χ0v) is 16.9. The number of nitrogens with zero attached hydrogens (tertiary/aromatic N) is 3. The van der Waals surface area contributed by atoms with Crippen LogP contribution in [0.5, 0.6) is 0 Å². The molecular formula is C19H20BrN5O3. The van der Waals surface area contributed by atoms with Crippen LogP contribution in [0.25, 0.3) is 0 Å². The van der Waals surface area contributed by atoms with Gasteiger partial charge in [0.25, 0.3) is 5.91 Å². The molecule has 2 aromatic heterocycles. The quantitative estimate of drug-likeness (QED) is 0.554. The summed E-state index contributed by atoms with van der Waals surface area (Å²) in [5.74, 6) is 0.664. The van der Waals surface area contributed by atoms with Crippen LogP contribution in [0.4, 0.5) is 5.69 Å². The minimum Gasteiger partial charge on any atom is -0.444 e. The SMILES string of the molecule is CCn1cnnc1CCNC(=O)Cc1ccc(NC(=O)c2ccc(Br)o2)cc1. The highest BCUT2D eigenvalue weighted by atomic mass is 79.9. The van der Waals surface area contributed by atoms with Gasteiger partial charge in [0, 0.05) is 25.2 Å². The average Bonchev–Trinajstić information content (AvgIpc) is 3.32. The van der Waals surface area contributed by atoms with E-state index in [1.54, 1.807) is 42.7 Å². The second-order valence-electron chi connectivity index (χ2n) is 6.06. The zero-order chi connectivity index (χ0) is 19.9. The van der Waals surface area contributed by atoms with Gasteiger partial charge in [0.15, 0.2) is 10.4 Å². The molecule has 0 unspecified atom stereocenters. The summed E-state index contributed by atoms with van der Waals surface area (Å²) < 4.78 is 7.65. The Balaban J connectivity index is 1.45. The number of benzene rings is 1. The number of carbonyl (C=O) groups is 2.